The van der Waals surface area contributed by atoms with Gasteiger partial charge in [-0.1, -0.05) is 19.1 Å². The molecule has 1 aliphatic rings. The first-order valence-corrected chi connectivity index (χ1v) is 6.87. The molecule has 1 fully saturated rings. The molecule has 0 spiro atoms. The average molecular weight is 249 g/mol. The van der Waals surface area contributed by atoms with Crippen LogP contribution in [0.3, 0.4) is 0 Å². The zero-order valence-corrected chi connectivity index (χ0v) is 11.3. The van der Waals surface area contributed by atoms with Crippen LogP contribution < -0.4 is 14.8 Å². The molecule has 1 saturated carbocycles. The van der Waals surface area contributed by atoms with Gasteiger partial charge in [-0.15, -0.1) is 0 Å². The Morgan fingerprint density at radius 2 is 1.89 bits per heavy atom. The van der Waals surface area contributed by atoms with E-state index in [0.29, 0.717) is 12.5 Å². The van der Waals surface area contributed by atoms with Gasteiger partial charge >= 0.3 is 0 Å². The molecule has 1 aliphatic carbocycles. The van der Waals surface area contributed by atoms with E-state index >= 15 is 0 Å². The fraction of sp³-hybridized carbons (Fsp3) is 0.600. The van der Waals surface area contributed by atoms with Crippen molar-refractivity contribution in [1.29, 1.82) is 0 Å². The zero-order chi connectivity index (χ0) is 12.8. The smallest absolute Gasteiger partial charge is 0.161 e. The summed E-state index contributed by atoms with van der Waals surface area (Å²) in [6, 6.07) is 8.63. The van der Waals surface area contributed by atoms with E-state index in [-0.39, 0.29) is 0 Å². The Morgan fingerprint density at radius 1 is 1.22 bits per heavy atom. The van der Waals surface area contributed by atoms with Crippen molar-refractivity contribution in [2.24, 2.45) is 5.92 Å². The predicted octanol–water partition coefficient (Wildman–Crippen LogP) is 2.85. The van der Waals surface area contributed by atoms with Crippen molar-refractivity contribution in [1.82, 2.24) is 5.32 Å². The molecule has 1 atom stereocenters. The summed E-state index contributed by atoms with van der Waals surface area (Å²) in [4.78, 5) is 0. The van der Waals surface area contributed by atoms with Crippen LogP contribution in [0.4, 0.5) is 0 Å². The van der Waals surface area contributed by atoms with Gasteiger partial charge in [0.1, 0.15) is 0 Å². The van der Waals surface area contributed by atoms with E-state index in [2.05, 4.69) is 12.2 Å². The second-order valence-electron chi connectivity index (χ2n) is 4.98. The molecule has 3 nitrogen and oxygen atoms in total. The van der Waals surface area contributed by atoms with Gasteiger partial charge in [0.05, 0.1) is 13.2 Å². The lowest BCUT2D eigenvalue weighted by atomic mass is 10.2. The Hall–Kier alpha value is -1.22. The van der Waals surface area contributed by atoms with E-state index in [1.54, 1.807) is 0 Å². The van der Waals surface area contributed by atoms with Crippen LogP contribution >= 0.6 is 0 Å². The second kappa shape index (κ2) is 6.64. The Kier molecular flexibility index (Phi) is 4.88. The quantitative estimate of drug-likeness (QED) is 0.768. The molecule has 0 amide bonds. The SMILES string of the molecule is CCOc1ccccc1OCC(C)CNC1CC1. The largest absolute Gasteiger partial charge is 0.490 e. The number of rotatable bonds is 8. The third-order valence-corrected chi connectivity index (χ3v) is 3.00. The van der Waals surface area contributed by atoms with Crippen molar-refractivity contribution >= 4 is 0 Å². The summed E-state index contributed by atoms with van der Waals surface area (Å²) in [5.41, 5.74) is 0. The third-order valence-electron chi connectivity index (χ3n) is 3.00. The molecule has 1 N–H and O–H groups in total. The number of hydrogen-bond acceptors (Lipinski definition) is 3. The number of benzene rings is 1. The topological polar surface area (TPSA) is 30.5 Å². The van der Waals surface area contributed by atoms with Crippen molar-refractivity contribution in [3.63, 3.8) is 0 Å². The summed E-state index contributed by atoms with van der Waals surface area (Å²) in [6.07, 6.45) is 2.67. The van der Waals surface area contributed by atoms with E-state index in [1.165, 1.54) is 12.8 Å². The summed E-state index contributed by atoms with van der Waals surface area (Å²) in [5.74, 6) is 2.19. The summed E-state index contributed by atoms with van der Waals surface area (Å²) in [6.45, 7) is 6.61. The molecule has 3 heteroatoms. The van der Waals surface area contributed by atoms with Crippen LogP contribution in [-0.4, -0.2) is 25.8 Å². The highest BCUT2D eigenvalue weighted by molar-refractivity contribution is 5.39. The van der Waals surface area contributed by atoms with Crippen molar-refractivity contribution in [2.45, 2.75) is 32.7 Å². The molecule has 1 aromatic rings. The van der Waals surface area contributed by atoms with Gasteiger partial charge in [0, 0.05) is 18.5 Å². The van der Waals surface area contributed by atoms with Crippen LogP contribution in [-0.2, 0) is 0 Å². The van der Waals surface area contributed by atoms with Crippen molar-refractivity contribution < 1.29 is 9.47 Å². The van der Waals surface area contributed by atoms with Crippen LogP contribution in [0.15, 0.2) is 24.3 Å². The first-order valence-electron chi connectivity index (χ1n) is 6.87. The summed E-state index contributed by atoms with van der Waals surface area (Å²) in [5, 5.41) is 3.52. The zero-order valence-electron chi connectivity index (χ0n) is 11.3. The van der Waals surface area contributed by atoms with Crippen LogP contribution in [0, 0.1) is 5.92 Å². The fourth-order valence-corrected chi connectivity index (χ4v) is 1.79. The van der Waals surface area contributed by atoms with E-state index in [4.69, 9.17) is 9.47 Å². The number of para-hydroxylation sites is 2. The third kappa shape index (κ3) is 4.22. The normalized spacial score (nSPS) is 16.3. The second-order valence-corrected chi connectivity index (χ2v) is 4.98. The highest BCUT2D eigenvalue weighted by Crippen LogP contribution is 2.26. The molecular formula is C15H23NO2. The van der Waals surface area contributed by atoms with E-state index in [1.807, 2.05) is 31.2 Å². The van der Waals surface area contributed by atoms with Gasteiger partial charge in [0.15, 0.2) is 11.5 Å². The maximum absolute atomic E-state index is 5.84. The minimum absolute atomic E-state index is 0.514. The molecule has 100 valence electrons. The van der Waals surface area contributed by atoms with Crippen molar-refractivity contribution in [3.8, 4) is 11.5 Å². The summed E-state index contributed by atoms with van der Waals surface area (Å²) >= 11 is 0. The van der Waals surface area contributed by atoms with E-state index in [0.717, 1.165) is 30.7 Å². The van der Waals surface area contributed by atoms with E-state index < -0.39 is 0 Å². The van der Waals surface area contributed by atoms with Crippen LogP contribution in [0.5, 0.6) is 11.5 Å². The minimum Gasteiger partial charge on any atom is -0.490 e. The summed E-state index contributed by atoms with van der Waals surface area (Å²) < 4.78 is 11.4. The first-order chi connectivity index (χ1) is 8.79. The lowest BCUT2D eigenvalue weighted by Crippen LogP contribution is -2.26. The molecule has 18 heavy (non-hydrogen) atoms. The molecule has 0 bridgehead atoms. The lowest BCUT2D eigenvalue weighted by molar-refractivity contribution is 0.237. The molecule has 0 radical (unpaired) electrons. The Morgan fingerprint density at radius 3 is 2.50 bits per heavy atom. The standard InChI is InChI=1S/C15H23NO2/c1-3-17-14-6-4-5-7-15(14)18-11-12(2)10-16-13-8-9-13/h4-7,12-13,16H,3,8-11H2,1-2H3. The number of hydrogen-bond donors (Lipinski definition) is 1. The molecule has 1 unspecified atom stereocenters. The van der Waals surface area contributed by atoms with Crippen molar-refractivity contribution in [3.05, 3.63) is 24.3 Å². The van der Waals surface area contributed by atoms with Crippen LogP contribution in [0.1, 0.15) is 26.7 Å². The molecule has 2 rings (SSSR count). The highest BCUT2D eigenvalue weighted by atomic mass is 16.5. The van der Waals surface area contributed by atoms with Crippen LogP contribution in [0.25, 0.3) is 0 Å². The van der Waals surface area contributed by atoms with Gasteiger partial charge in [-0.05, 0) is 31.9 Å². The average Bonchev–Trinajstić information content (AvgIpc) is 3.20. The van der Waals surface area contributed by atoms with Gasteiger partial charge in [-0.25, -0.2) is 0 Å². The molecule has 0 aromatic heterocycles. The Bertz CT molecular complexity index is 363. The predicted molar refractivity (Wildman–Crippen MR) is 73.3 cm³/mol. The lowest BCUT2D eigenvalue weighted by Gasteiger charge is -2.16. The Labute approximate surface area is 109 Å². The van der Waals surface area contributed by atoms with Gasteiger partial charge in [0.2, 0.25) is 0 Å². The maximum Gasteiger partial charge on any atom is 0.161 e. The molecule has 0 heterocycles. The Balaban J connectivity index is 1.77. The van der Waals surface area contributed by atoms with Crippen LogP contribution in [0.2, 0.25) is 0 Å². The summed E-state index contributed by atoms with van der Waals surface area (Å²) in [7, 11) is 0. The van der Waals surface area contributed by atoms with Gasteiger partial charge in [-0.2, -0.15) is 0 Å². The van der Waals surface area contributed by atoms with Gasteiger partial charge in [0.25, 0.3) is 0 Å². The molecular weight excluding hydrogens is 226 g/mol. The molecule has 1 aromatic carbocycles. The minimum atomic E-state index is 0.514. The number of nitrogens with one attached hydrogen (secondary N) is 1. The van der Waals surface area contributed by atoms with Crippen molar-refractivity contribution in [2.75, 3.05) is 19.8 Å². The van der Waals surface area contributed by atoms with E-state index in [9.17, 15) is 0 Å². The highest BCUT2D eigenvalue weighted by Gasteiger charge is 2.20. The molecule has 0 saturated heterocycles. The maximum atomic E-state index is 5.84. The first kappa shape index (κ1) is 13.2. The van der Waals surface area contributed by atoms with Gasteiger partial charge < -0.3 is 14.8 Å². The number of ether oxygens (including phenoxy) is 2. The fourth-order valence-electron chi connectivity index (χ4n) is 1.79. The molecule has 0 aliphatic heterocycles. The monoisotopic (exact) mass is 249 g/mol. The van der Waals surface area contributed by atoms with Gasteiger partial charge in [-0.3, -0.25) is 0 Å².